The van der Waals surface area contributed by atoms with E-state index in [1.807, 2.05) is 0 Å². The average molecular weight is 232 g/mol. The Morgan fingerprint density at radius 3 is 2.76 bits per heavy atom. The number of hydrogen-bond acceptors (Lipinski definition) is 5. The van der Waals surface area contributed by atoms with Gasteiger partial charge in [-0.15, -0.1) is 0 Å². The van der Waals surface area contributed by atoms with Crippen molar-refractivity contribution in [2.24, 2.45) is 0 Å². The number of nitrogens with zero attached hydrogens (tertiary/aromatic N) is 2. The third-order valence-electron chi connectivity index (χ3n) is 2.85. The summed E-state index contributed by atoms with van der Waals surface area (Å²) in [7, 11) is 0. The van der Waals surface area contributed by atoms with Gasteiger partial charge in [0.2, 0.25) is 0 Å². The Morgan fingerprint density at radius 1 is 1.24 bits per heavy atom. The van der Waals surface area contributed by atoms with Gasteiger partial charge in [-0.3, -0.25) is 0 Å². The molecule has 1 N–H and O–H groups in total. The number of aromatic nitrogens is 2. The van der Waals surface area contributed by atoms with Crippen LogP contribution in [0.4, 0.5) is 0 Å². The predicted molar refractivity (Wildman–Crippen MR) is 59.6 cm³/mol. The third kappa shape index (κ3) is 2.01. The fraction of sp³-hybridized carbons (Fsp3) is 0.333. The largest absolute Gasteiger partial charge is 0.508 e. The summed E-state index contributed by atoms with van der Waals surface area (Å²) in [4.78, 5) is 4.35. The van der Waals surface area contributed by atoms with Crippen LogP contribution < -0.4 is 0 Å². The van der Waals surface area contributed by atoms with E-state index in [2.05, 4.69) is 10.1 Å². The number of aromatic hydroxyl groups is 1. The number of benzene rings is 1. The van der Waals surface area contributed by atoms with Gasteiger partial charge in [0.15, 0.2) is 5.82 Å². The normalized spacial score (nSPS) is 19.6. The molecule has 0 amide bonds. The quantitative estimate of drug-likeness (QED) is 0.857. The first-order chi connectivity index (χ1) is 8.33. The average Bonchev–Trinajstić information content (AvgIpc) is 3.00. The number of phenolic OH excluding ortho intramolecular Hbond substituents is 1. The summed E-state index contributed by atoms with van der Waals surface area (Å²) in [6, 6.07) is 6.69. The Hall–Kier alpha value is -1.88. The van der Waals surface area contributed by atoms with E-state index >= 15 is 0 Å². The van der Waals surface area contributed by atoms with Crippen LogP contribution >= 0.6 is 0 Å². The second kappa shape index (κ2) is 4.18. The first-order valence-corrected chi connectivity index (χ1v) is 5.54. The molecule has 1 unspecified atom stereocenters. The number of ether oxygens (including phenoxy) is 1. The molecule has 1 aliphatic heterocycles. The molecule has 5 nitrogen and oxygen atoms in total. The highest BCUT2D eigenvalue weighted by Crippen LogP contribution is 2.26. The molecule has 1 atom stereocenters. The molecule has 17 heavy (non-hydrogen) atoms. The number of hydrogen-bond donors (Lipinski definition) is 1. The molecule has 0 bridgehead atoms. The summed E-state index contributed by atoms with van der Waals surface area (Å²) < 4.78 is 10.5. The van der Waals surface area contributed by atoms with Gasteiger partial charge >= 0.3 is 0 Å². The fourth-order valence-electron chi connectivity index (χ4n) is 1.86. The molecule has 0 aliphatic carbocycles. The molecular formula is C12H12N2O3. The summed E-state index contributed by atoms with van der Waals surface area (Å²) >= 11 is 0. The lowest BCUT2D eigenvalue weighted by Gasteiger charge is -1.97. The topological polar surface area (TPSA) is 68.4 Å². The summed E-state index contributed by atoms with van der Waals surface area (Å²) in [6.07, 6.45) is 0.939. The van der Waals surface area contributed by atoms with E-state index in [0.29, 0.717) is 18.3 Å². The molecule has 0 spiro atoms. The molecule has 1 aromatic carbocycles. The smallest absolute Gasteiger partial charge is 0.257 e. The van der Waals surface area contributed by atoms with Crippen molar-refractivity contribution in [1.29, 1.82) is 0 Å². The Morgan fingerprint density at radius 2 is 2.06 bits per heavy atom. The zero-order chi connectivity index (χ0) is 11.7. The zero-order valence-corrected chi connectivity index (χ0v) is 9.17. The van der Waals surface area contributed by atoms with E-state index in [-0.39, 0.29) is 11.7 Å². The van der Waals surface area contributed by atoms with Crippen molar-refractivity contribution >= 4 is 0 Å². The van der Waals surface area contributed by atoms with Crippen LogP contribution in [0.2, 0.25) is 0 Å². The van der Waals surface area contributed by atoms with Crippen molar-refractivity contribution in [3.8, 4) is 17.2 Å². The Balaban J connectivity index is 1.86. The summed E-state index contributed by atoms with van der Waals surface area (Å²) in [5.74, 6) is 1.64. The van der Waals surface area contributed by atoms with Crippen molar-refractivity contribution < 1.29 is 14.4 Å². The fourth-order valence-corrected chi connectivity index (χ4v) is 1.86. The molecule has 2 heterocycles. The van der Waals surface area contributed by atoms with Gasteiger partial charge < -0.3 is 14.4 Å². The van der Waals surface area contributed by atoms with E-state index in [9.17, 15) is 5.11 Å². The maximum Gasteiger partial charge on any atom is 0.257 e. The molecule has 1 aromatic heterocycles. The van der Waals surface area contributed by atoms with Crippen LogP contribution in [0, 0.1) is 0 Å². The van der Waals surface area contributed by atoms with Crippen molar-refractivity contribution in [3.05, 3.63) is 30.1 Å². The van der Waals surface area contributed by atoms with Gasteiger partial charge in [-0.2, -0.15) is 4.98 Å². The van der Waals surface area contributed by atoms with Gasteiger partial charge in [-0.05, 0) is 30.7 Å². The lowest BCUT2D eigenvalue weighted by molar-refractivity contribution is 0.192. The molecule has 2 aromatic rings. The van der Waals surface area contributed by atoms with E-state index in [0.717, 1.165) is 18.6 Å². The van der Waals surface area contributed by atoms with Crippen molar-refractivity contribution in [2.45, 2.75) is 12.3 Å². The number of rotatable bonds is 2. The molecule has 0 radical (unpaired) electrons. The maximum absolute atomic E-state index is 9.20. The van der Waals surface area contributed by atoms with Crippen LogP contribution in [-0.4, -0.2) is 28.5 Å². The highest BCUT2D eigenvalue weighted by Gasteiger charge is 2.23. The molecule has 88 valence electrons. The monoisotopic (exact) mass is 232 g/mol. The van der Waals surface area contributed by atoms with Gasteiger partial charge in [0.25, 0.3) is 5.89 Å². The van der Waals surface area contributed by atoms with Crippen LogP contribution in [0.5, 0.6) is 5.75 Å². The van der Waals surface area contributed by atoms with Gasteiger partial charge in [0.1, 0.15) is 5.75 Å². The first kappa shape index (κ1) is 10.3. The van der Waals surface area contributed by atoms with Crippen LogP contribution in [0.1, 0.15) is 18.2 Å². The highest BCUT2D eigenvalue weighted by atomic mass is 16.5. The Labute approximate surface area is 98.0 Å². The maximum atomic E-state index is 9.20. The SMILES string of the molecule is Oc1ccc(-c2nc(C3CCOC3)no2)cc1. The van der Waals surface area contributed by atoms with E-state index in [1.54, 1.807) is 24.3 Å². The lowest BCUT2D eigenvalue weighted by atomic mass is 10.1. The summed E-state index contributed by atoms with van der Waals surface area (Å²) in [5.41, 5.74) is 0.806. The Kier molecular flexibility index (Phi) is 2.53. The minimum absolute atomic E-state index is 0.220. The van der Waals surface area contributed by atoms with Crippen molar-refractivity contribution in [1.82, 2.24) is 10.1 Å². The molecular weight excluding hydrogens is 220 g/mol. The van der Waals surface area contributed by atoms with Crippen LogP contribution in [-0.2, 0) is 4.74 Å². The van der Waals surface area contributed by atoms with Crippen LogP contribution in [0.15, 0.2) is 28.8 Å². The van der Waals surface area contributed by atoms with Gasteiger partial charge in [0, 0.05) is 18.1 Å². The zero-order valence-electron chi connectivity index (χ0n) is 9.17. The van der Waals surface area contributed by atoms with Crippen molar-refractivity contribution in [3.63, 3.8) is 0 Å². The van der Waals surface area contributed by atoms with Gasteiger partial charge in [0.05, 0.1) is 6.61 Å². The summed E-state index contributed by atoms with van der Waals surface area (Å²) in [5, 5.41) is 13.2. The minimum Gasteiger partial charge on any atom is -0.508 e. The minimum atomic E-state index is 0.220. The predicted octanol–water partition coefficient (Wildman–Crippen LogP) is 1.95. The van der Waals surface area contributed by atoms with Crippen LogP contribution in [0.25, 0.3) is 11.5 Å². The van der Waals surface area contributed by atoms with Gasteiger partial charge in [-0.25, -0.2) is 0 Å². The van der Waals surface area contributed by atoms with Crippen LogP contribution in [0.3, 0.4) is 0 Å². The molecule has 1 aliphatic rings. The molecule has 0 saturated carbocycles. The lowest BCUT2D eigenvalue weighted by Crippen LogP contribution is -1.99. The van der Waals surface area contributed by atoms with Gasteiger partial charge in [-0.1, -0.05) is 5.16 Å². The molecule has 5 heteroatoms. The third-order valence-corrected chi connectivity index (χ3v) is 2.85. The highest BCUT2D eigenvalue weighted by molar-refractivity contribution is 5.54. The standard InChI is InChI=1S/C12H12N2O3/c15-10-3-1-8(2-4-10)12-13-11(14-17-12)9-5-6-16-7-9/h1-4,9,15H,5-7H2. The molecule has 3 rings (SSSR count). The van der Waals surface area contributed by atoms with E-state index < -0.39 is 0 Å². The van der Waals surface area contributed by atoms with E-state index in [1.165, 1.54) is 0 Å². The second-order valence-corrected chi connectivity index (χ2v) is 4.07. The number of phenols is 1. The molecule has 1 fully saturated rings. The van der Waals surface area contributed by atoms with E-state index in [4.69, 9.17) is 9.26 Å². The molecule has 1 saturated heterocycles. The Bertz CT molecular complexity index is 501. The summed E-state index contributed by atoms with van der Waals surface area (Å²) in [6.45, 7) is 1.42. The second-order valence-electron chi connectivity index (χ2n) is 4.07. The van der Waals surface area contributed by atoms with Crippen molar-refractivity contribution in [2.75, 3.05) is 13.2 Å². The first-order valence-electron chi connectivity index (χ1n) is 5.54.